The topological polar surface area (TPSA) is 102 Å². The van der Waals surface area contributed by atoms with Gasteiger partial charge >= 0.3 is 5.97 Å². The van der Waals surface area contributed by atoms with Crippen molar-refractivity contribution in [2.75, 3.05) is 0 Å². The van der Waals surface area contributed by atoms with Gasteiger partial charge in [-0.1, -0.05) is 17.7 Å². The lowest BCUT2D eigenvalue weighted by Gasteiger charge is -2.24. The third-order valence-electron chi connectivity index (χ3n) is 3.18. The minimum absolute atomic E-state index is 0.0521. The molecule has 2 atom stereocenters. The van der Waals surface area contributed by atoms with Crippen molar-refractivity contribution in [2.24, 2.45) is 0 Å². The fraction of sp³-hybridized carbons (Fsp3) is 0.529. The number of hydrogen-bond donors (Lipinski definition) is 2. The van der Waals surface area contributed by atoms with Gasteiger partial charge in [0.05, 0.1) is 4.90 Å². The molecule has 0 bridgehead atoms. The molecule has 1 rings (SSSR count). The van der Waals surface area contributed by atoms with Gasteiger partial charge in [0.15, 0.2) is 6.10 Å². The molecule has 0 heterocycles. The van der Waals surface area contributed by atoms with Crippen LogP contribution in [0.2, 0.25) is 0 Å². The van der Waals surface area contributed by atoms with Gasteiger partial charge in [-0.05, 0) is 53.7 Å². The Hall–Kier alpha value is -1.93. The van der Waals surface area contributed by atoms with Crippen molar-refractivity contribution in [1.29, 1.82) is 0 Å². The predicted octanol–water partition coefficient (Wildman–Crippen LogP) is 1.51. The average molecular weight is 370 g/mol. The van der Waals surface area contributed by atoms with Crippen LogP contribution in [0.25, 0.3) is 0 Å². The Balaban J connectivity index is 2.70. The minimum atomic E-state index is -3.86. The van der Waals surface area contributed by atoms with Crippen molar-refractivity contribution in [2.45, 2.75) is 64.1 Å². The molecular weight excluding hydrogens is 344 g/mol. The van der Waals surface area contributed by atoms with Crippen molar-refractivity contribution in [3.63, 3.8) is 0 Å². The zero-order valence-corrected chi connectivity index (χ0v) is 16.2. The van der Waals surface area contributed by atoms with Crippen molar-refractivity contribution in [3.8, 4) is 0 Å². The van der Waals surface area contributed by atoms with Crippen LogP contribution in [-0.2, 0) is 24.3 Å². The van der Waals surface area contributed by atoms with E-state index < -0.39 is 39.6 Å². The van der Waals surface area contributed by atoms with Crippen molar-refractivity contribution >= 4 is 21.9 Å². The predicted molar refractivity (Wildman–Crippen MR) is 94.4 cm³/mol. The molecule has 0 unspecified atom stereocenters. The minimum Gasteiger partial charge on any atom is -0.451 e. The van der Waals surface area contributed by atoms with Gasteiger partial charge in [-0.15, -0.1) is 0 Å². The van der Waals surface area contributed by atoms with Crippen molar-refractivity contribution in [1.82, 2.24) is 10.0 Å². The Morgan fingerprint density at radius 1 is 1.08 bits per heavy atom. The maximum absolute atomic E-state index is 12.3. The van der Waals surface area contributed by atoms with E-state index >= 15 is 0 Å². The fourth-order valence-corrected chi connectivity index (χ4v) is 3.06. The lowest BCUT2D eigenvalue weighted by Crippen LogP contribution is -2.48. The lowest BCUT2D eigenvalue weighted by molar-refractivity contribution is -0.156. The Morgan fingerprint density at radius 2 is 1.60 bits per heavy atom. The first-order valence-electron chi connectivity index (χ1n) is 7.93. The van der Waals surface area contributed by atoms with Crippen LogP contribution < -0.4 is 10.0 Å². The number of ether oxygens (including phenoxy) is 1. The summed E-state index contributed by atoms with van der Waals surface area (Å²) in [4.78, 5) is 24.0. The number of amides is 1. The van der Waals surface area contributed by atoms with Crippen molar-refractivity contribution in [3.05, 3.63) is 29.8 Å². The normalized spacial score (nSPS) is 14.5. The van der Waals surface area contributed by atoms with Gasteiger partial charge in [0, 0.05) is 5.54 Å². The Morgan fingerprint density at radius 3 is 2.08 bits per heavy atom. The molecule has 0 aliphatic carbocycles. The van der Waals surface area contributed by atoms with Crippen LogP contribution in [0.4, 0.5) is 0 Å². The average Bonchev–Trinajstić information content (AvgIpc) is 2.45. The van der Waals surface area contributed by atoms with Crippen LogP contribution in [0.1, 0.15) is 40.2 Å². The highest BCUT2D eigenvalue weighted by Crippen LogP contribution is 2.11. The summed E-state index contributed by atoms with van der Waals surface area (Å²) in [5, 5.41) is 2.69. The highest BCUT2D eigenvalue weighted by atomic mass is 32.2. The van der Waals surface area contributed by atoms with E-state index in [1.807, 2.05) is 6.92 Å². The number of esters is 1. The molecule has 0 radical (unpaired) electrons. The number of hydrogen-bond acceptors (Lipinski definition) is 5. The largest absolute Gasteiger partial charge is 0.451 e. The SMILES string of the molecule is Cc1ccc(S(=O)(=O)N[C@H](C)C(=O)O[C@@H](C)C(=O)NC(C)(C)C)cc1. The van der Waals surface area contributed by atoms with Crippen LogP contribution in [0.15, 0.2) is 29.2 Å². The molecule has 8 heteroatoms. The summed E-state index contributed by atoms with van der Waals surface area (Å²) in [7, 11) is -3.86. The summed E-state index contributed by atoms with van der Waals surface area (Å²) >= 11 is 0. The first kappa shape index (κ1) is 21.1. The van der Waals surface area contributed by atoms with Crippen LogP contribution in [-0.4, -0.2) is 38.0 Å². The molecule has 0 aliphatic rings. The molecule has 0 saturated carbocycles. The maximum atomic E-state index is 12.3. The summed E-state index contributed by atoms with van der Waals surface area (Å²) < 4.78 is 31.8. The number of aryl methyl sites for hydroxylation is 1. The van der Waals surface area contributed by atoms with E-state index in [0.717, 1.165) is 5.56 Å². The summed E-state index contributed by atoms with van der Waals surface area (Å²) in [5.41, 5.74) is 0.459. The first-order valence-corrected chi connectivity index (χ1v) is 9.41. The maximum Gasteiger partial charge on any atom is 0.324 e. The van der Waals surface area contributed by atoms with Gasteiger partial charge in [0.1, 0.15) is 6.04 Å². The molecule has 0 aliphatic heterocycles. The van der Waals surface area contributed by atoms with E-state index in [4.69, 9.17) is 4.74 Å². The highest BCUT2D eigenvalue weighted by molar-refractivity contribution is 7.89. The molecule has 1 amide bonds. The Bertz CT molecular complexity index is 720. The molecule has 0 aromatic heterocycles. The van der Waals surface area contributed by atoms with Crippen LogP contribution in [0, 0.1) is 6.92 Å². The lowest BCUT2D eigenvalue weighted by atomic mass is 10.1. The van der Waals surface area contributed by atoms with E-state index in [9.17, 15) is 18.0 Å². The Kier molecular flexibility index (Phi) is 6.73. The number of benzene rings is 1. The van der Waals surface area contributed by atoms with E-state index in [2.05, 4.69) is 10.0 Å². The van der Waals surface area contributed by atoms with Gasteiger partial charge in [0.2, 0.25) is 10.0 Å². The van der Waals surface area contributed by atoms with Crippen LogP contribution in [0.3, 0.4) is 0 Å². The number of rotatable bonds is 6. The standard InChI is InChI=1S/C17H26N2O5S/c1-11-7-9-14(10-8-11)25(22,23)19-12(2)16(21)24-13(3)15(20)18-17(4,5)6/h7-10,12-13,19H,1-6H3,(H,18,20)/t12-,13+/m1/s1. The van der Waals surface area contributed by atoms with Crippen LogP contribution >= 0.6 is 0 Å². The molecule has 25 heavy (non-hydrogen) atoms. The van der Waals surface area contributed by atoms with Gasteiger partial charge in [-0.3, -0.25) is 9.59 Å². The molecular formula is C17H26N2O5S. The first-order chi connectivity index (χ1) is 11.3. The van der Waals surface area contributed by atoms with Gasteiger partial charge in [0.25, 0.3) is 5.91 Å². The summed E-state index contributed by atoms with van der Waals surface area (Å²) in [5.74, 6) is -1.28. The Labute approximate surface area is 149 Å². The summed E-state index contributed by atoms with van der Waals surface area (Å²) in [6.07, 6.45) is -1.03. The van der Waals surface area contributed by atoms with E-state index in [0.29, 0.717) is 0 Å². The molecule has 0 saturated heterocycles. The second kappa shape index (κ2) is 7.97. The zero-order chi connectivity index (χ0) is 19.4. The van der Waals surface area contributed by atoms with Crippen LogP contribution in [0.5, 0.6) is 0 Å². The zero-order valence-electron chi connectivity index (χ0n) is 15.4. The third kappa shape index (κ3) is 6.83. The molecule has 140 valence electrons. The van der Waals surface area contributed by atoms with Crippen molar-refractivity contribution < 1.29 is 22.7 Å². The summed E-state index contributed by atoms with van der Waals surface area (Å²) in [6.45, 7) is 10.0. The molecule has 1 aromatic rings. The third-order valence-corrected chi connectivity index (χ3v) is 4.73. The molecule has 0 fully saturated rings. The highest BCUT2D eigenvalue weighted by Gasteiger charge is 2.27. The number of carbonyl (C=O) groups is 2. The molecule has 2 N–H and O–H groups in total. The van der Waals surface area contributed by atoms with E-state index in [-0.39, 0.29) is 4.90 Å². The number of nitrogens with one attached hydrogen (secondary N) is 2. The second-order valence-corrected chi connectivity index (χ2v) is 8.69. The molecule has 7 nitrogen and oxygen atoms in total. The molecule has 1 aromatic carbocycles. The van der Waals surface area contributed by atoms with E-state index in [1.165, 1.54) is 26.0 Å². The number of sulfonamides is 1. The van der Waals surface area contributed by atoms with E-state index in [1.54, 1.807) is 32.9 Å². The summed E-state index contributed by atoms with van der Waals surface area (Å²) in [6, 6.07) is 5.10. The molecule has 0 spiro atoms. The van der Waals surface area contributed by atoms with Gasteiger partial charge in [-0.2, -0.15) is 4.72 Å². The van der Waals surface area contributed by atoms with Gasteiger partial charge < -0.3 is 10.1 Å². The quantitative estimate of drug-likeness (QED) is 0.739. The fourth-order valence-electron chi connectivity index (χ4n) is 1.87. The second-order valence-electron chi connectivity index (χ2n) is 6.97. The smallest absolute Gasteiger partial charge is 0.324 e. The number of carbonyl (C=O) groups excluding carboxylic acids is 2. The van der Waals surface area contributed by atoms with Gasteiger partial charge in [-0.25, -0.2) is 8.42 Å². The monoisotopic (exact) mass is 370 g/mol.